The third-order valence-corrected chi connectivity index (χ3v) is 3.51. The molecule has 0 aliphatic rings. The molecule has 0 radical (unpaired) electrons. The van der Waals surface area contributed by atoms with Gasteiger partial charge in [0.2, 0.25) is 0 Å². The number of halogens is 4. The number of anilines is 1. The molecule has 1 N–H and O–H groups in total. The molecule has 0 spiro atoms. The number of hydrogen-bond donors (Lipinski definition) is 1. The summed E-state index contributed by atoms with van der Waals surface area (Å²) in [7, 11) is 0. The van der Waals surface area contributed by atoms with Gasteiger partial charge in [0.25, 0.3) is 5.91 Å². The summed E-state index contributed by atoms with van der Waals surface area (Å²) in [6.45, 7) is 0. The lowest BCUT2D eigenvalue weighted by Gasteiger charge is -2.04. The molecule has 2 rings (SSSR count). The van der Waals surface area contributed by atoms with Crippen molar-refractivity contribution < 1.29 is 13.6 Å². The van der Waals surface area contributed by atoms with Gasteiger partial charge in [0, 0.05) is 11.8 Å². The van der Waals surface area contributed by atoms with Crippen LogP contribution >= 0.6 is 34.5 Å². The average molecular weight is 308 g/mol. The van der Waals surface area contributed by atoms with Crippen LogP contribution in [0.1, 0.15) is 10.4 Å². The SMILES string of the molecule is O=C(Nc1cc(F)cc(F)c1)c1cc(Cl)sc1Cl. The molecule has 1 amide bonds. The highest BCUT2D eigenvalue weighted by atomic mass is 35.5. The van der Waals surface area contributed by atoms with E-state index in [9.17, 15) is 13.6 Å². The first-order chi connectivity index (χ1) is 8.45. The van der Waals surface area contributed by atoms with Crippen molar-refractivity contribution in [1.29, 1.82) is 0 Å². The number of amides is 1. The Morgan fingerprint density at radius 3 is 2.22 bits per heavy atom. The van der Waals surface area contributed by atoms with E-state index >= 15 is 0 Å². The van der Waals surface area contributed by atoms with Crippen LogP contribution in [0.15, 0.2) is 24.3 Å². The van der Waals surface area contributed by atoms with Crippen LogP contribution in [0.25, 0.3) is 0 Å². The summed E-state index contributed by atoms with van der Waals surface area (Å²) >= 11 is 12.5. The molecule has 94 valence electrons. The first-order valence-corrected chi connectivity index (χ1v) is 6.25. The summed E-state index contributed by atoms with van der Waals surface area (Å²) < 4.78 is 26.4. The summed E-state index contributed by atoms with van der Waals surface area (Å²) in [6.07, 6.45) is 0. The van der Waals surface area contributed by atoms with Crippen LogP contribution in [0, 0.1) is 11.6 Å². The number of hydrogen-bond acceptors (Lipinski definition) is 2. The molecule has 0 aliphatic heterocycles. The summed E-state index contributed by atoms with van der Waals surface area (Å²) in [5.74, 6) is -2.13. The van der Waals surface area contributed by atoms with Crippen molar-refractivity contribution in [3.8, 4) is 0 Å². The van der Waals surface area contributed by atoms with E-state index in [0.29, 0.717) is 10.4 Å². The molecule has 2 aromatic rings. The zero-order valence-electron chi connectivity index (χ0n) is 8.64. The lowest BCUT2D eigenvalue weighted by Crippen LogP contribution is -2.11. The molecule has 0 saturated heterocycles. The Bertz CT molecular complexity index is 595. The number of rotatable bonds is 2. The predicted octanol–water partition coefficient (Wildman–Crippen LogP) is 4.59. The first kappa shape index (κ1) is 13.3. The molecule has 1 aromatic carbocycles. The predicted molar refractivity (Wildman–Crippen MR) is 68.7 cm³/mol. The van der Waals surface area contributed by atoms with E-state index in [2.05, 4.69) is 5.32 Å². The van der Waals surface area contributed by atoms with E-state index in [1.807, 2.05) is 0 Å². The van der Waals surface area contributed by atoms with Gasteiger partial charge in [-0.25, -0.2) is 8.78 Å². The lowest BCUT2D eigenvalue weighted by molar-refractivity contribution is 0.102. The Morgan fingerprint density at radius 1 is 1.11 bits per heavy atom. The van der Waals surface area contributed by atoms with E-state index in [4.69, 9.17) is 23.2 Å². The van der Waals surface area contributed by atoms with Crippen molar-refractivity contribution >= 4 is 46.1 Å². The van der Waals surface area contributed by atoms with Crippen LogP contribution in [0.2, 0.25) is 8.67 Å². The van der Waals surface area contributed by atoms with Gasteiger partial charge in [-0.3, -0.25) is 4.79 Å². The second kappa shape index (κ2) is 5.22. The smallest absolute Gasteiger partial charge is 0.258 e. The highest BCUT2D eigenvalue weighted by Crippen LogP contribution is 2.31. The molecule has 18 heavy (non-hydrogen) atoms. The number of thiophene rings is 1. The second-order valence-corrected chi connectivity index (χ2v) is 5.64. The number of benzene rings is 1. The minimum absolute atomic E-state index is 0.0101. The lowest BCUT2D eigenvalue weighted by atomic mass is 10.2. The number of carbonyl (C=O) groups excluding carboxylic acids is 1. The first-order valence-electron chi connectivity index (χ1n) is 4.68. The zero-order valence-corrected chi connectivity index (χ0v) is 11.0. The molecular formula is C11H5Cl2F2NOS. The van der Waals surface area contributed by atoms with Crippen molar-refractivity contribution in [2.24, 2.45) is 0 Å². The Morgan fingerprint density at radius 2 is 1.72 bits per heavy atom. The van der Waals surface area contributed by atoms with Gasteiger partial charge in [0.1, 0.15) is 16.0 Å². The summed E-state index contributed by atoms with van der Waals surface area (Å²) in [5.41, 5.74) is 0.173. The van der Waals surface area contributed by atoms with Gasteiger partial charge in [0.15, 0.2) is 0 Å². The quantitative estimate of drug-likeness (QED) is 0.864. The van der Waals surface area contributed by atoms with Gasteiger partial charge < -0.3 is 5.32 Å². The van der Waals surface area contributed by atoms with Crippen LogP contribution in [0.5, 0.6) is 0 Å². The Hall–Kier alpha value is -1.17. The third-order valence-electron chi connectivity index (χ3n) is 2.02. The van der Waals surface area contributed by atoms with Gasteiger partial charge in [-0.15, -0.1) is 11.3 Å². The highest BCUT2D eigenvalue weighted by Gasteiger charge is 2.15. The van der Waals surface area contributed by atoms with Crippen LogP contribution in [-0.4, -0.2) is 5.91 Å². The topological polar surface area (TPSA) is 29.1 Å². The summed E-state index contributed by atoms with van der Waals surface area (Å²) in [5, 5.41) is 2.34. The normalized spacial score (nSPS) is 10.4. The average Bonchev–Trinajstić information content (AvgIpc) is 2.56. The van der Waals surface area contributed by atoms with Gasteiger partial charge in [-0.2, -0.15) is 0 Å². The molecule has 0 fully saturated rings. The Kier molecular flexibility index (Phi) is 3.85. The van der Waals surface area contributed by atoms with E-state index in [-0.39, 0.29) is 15.6 Å². The number of nitrogens with one attached hydrogen (secondary N) is 1. The minimum atomic E-state index is -0.778. The van der Waals surface area contributed by atoms with Gasteiger partial charge in [0.05, 0.1) is 9.90 Å². The Labute approximate surface area is 115 Å². The monoisotopic (exact) mass is 307 g/mol. The zero-order chi connectivity index (χ0) is 13.3. The molecule has 0 unspecified atom stereocenters. The van der Waals surface area contributed by atoms with Crippen molar-refractivity contribution in [3.63, 3.8) is 0 Å². The highest BCUT2D eigenvalue weighted by molar-refractivity contribution is 7.20. The summed E-state index contributed by atoms with van der Waals surface area (Å²) in [6, 6.07) is 4.11. The standard InChI is InChI=1S/C11H5Cl2F2NOS/c12-9-4-8(10(13)18-9)11(17)16-7-2-5(14)1-6(15)3-7/h1-4H,(H,16,17). The molecule has 7 heteroatoms. The fraction of sp³-hybridized carbons (Fsp3) is 0. The van der Waals surface area contributed by atoms with Gasteiger partial charge in [-0.05, 0) is 18.2 Å². The maximum atomic E-state index is 12.9. The third kappa shape index (κ3) is 2.98. The fourth-order valence-corrected chi connectivity index (χ4v) is 2.78. The molecule has 1 heterocycles. The minimum Gasteiger partial charge on any atom is -0.322 e. The largest absolute Gasteiger partial charge is 0.322 e. The van der Waals surface area contributed by atoms with Gasteiger partial charge >= 0.3 is 0 Å². The Balaban J connectivity index is 2.23. The maximum Gasteiger partial charge on any atom is 0.258 e. The van der Waals surface area contributed by atoms with Crippen LogP contribution in [0.4, 0.5) is 14.5 Å². The van der Waals surface area contributed by atoms with Gasteiger partial charge in [-0.1, -0.05) is 23.2 Å². The molecule has 1 aromatic heterocycles. The van der Waals surface area contributed by atoms with E-state index in [0.717, 1.165) is 23.5 Å². The molecule has 0 saturated carbocycles. The van der Waals surface area contributed by atoms with Crippen molar-refractivity contribution in [3.05, 3.63) is 50.1 Å². The van der Waals surface area contributed by atoms with E-state index < -0.39 is 17.5 Å². The molecule has 0 bridgehead atoms. The second-order valence-electron chi connectivity index (χ2n) is 3.35. The van der Waals surface area contributed by atoms with Crippen LogP contribution in [-0.2, 0) is 0 Å². The van der Waals surface area contributed by atoms with Crippen LogP contribution < -0.4 is 5.32 Å². The maximum absolute atomic E-state index is 12.9. The van der Waals surface area contributed by atoms with E-state index in [1.54, 1.807) is 0 Å². The van der Waals surface area contributed by atoms with E-state index in [1.165, 1.54) is 6.07 Å². The molecule has 0 aliphatic carbocycles. The molecule has 2 nitrogen and oxygen atoms in total. The van der Waals surface area contributed by atoms with Crippen molar-refractivity contribution in [1.82, 2.24) is 0 Å². The fourth-order valence-electron chi connectivity index (χ4n) is 1.32. The number of carbonyl (C=O) groups is 1. The molecule has 0 atom stereocenters. The van der Waals surface area contributed by atoms with Crippen molar-refractivity contribution in [2.75, 3.05) is 5.32 Å². The molecular weight excluding hydrogens is 303 g/mol. The summed E-state index contributed by atoms with van der Waals surface area (Å²) in [4.78, 5) is 11.8. The van der Waals surface area contributed by atoms with Crippen molar-refractivity contribution in [2.45, 2.75) is 0 Å². The van der Waals surface area contributed by atoms with Crippen LogP contribution in [0.3, 0.4) is 0 Å².